The molecule has 0 amide bonds. The SMILES string of the molecule is CC(C)(C)C1(O)C[S+]([O-])C1. The predicted octanol–water partition coefficient (Wildman–Crippen LogP) is 0.526. The molecule has 1 saturated heterocycles. The highest BCUT2D eigenvalue weighted by molar-refractivity contribution is 7.93. The van der Waals surface area contributed by atoms with Crippen LogP contribution in [0.4, 0.5) is 0 Å². The van der Waals surface area contributed by atoms with Gasteiger partial charge in [-0.15, -0.1) is 0 Å². The number of aliphatic hydroxyl groups is 1. The van der Waals surface area contributed by atoms with Gasteiger partial charge in [0.05, 0.1) is 0 Å². The molecule has 0 radical (unpaired) electrons. The van der Waals surface area contributed by atoms with E-state index in [1.807, 2.05) is 20.8 Å². The van der Waals surface area contributed by atoms with Gasteiger partial charge in [-0.1, -0.05) is 20.8 Å². The zero-order valence-electron chi connectivity index (χ0n) is 6.68. The fourth-order valence-corrected chi connectivity index (χ4v) is 2.77. The zero-order chi connectivity index (χ0) is 7.99. The second kappa shape index (κ2) is 2.13. The molecule has 1 N–H and O–H groups in total. The van der Waals surface area contributed by atoms with Crippen LogP contribution < -0.4 is 0 Å². The third-order valence-corrected chi connectivity index (χ3v) is 3.79. The molecular formula is C7H14O2S. The molecule has 60 valence electrons. The van der Waals surface area contributed by atoms with E-state index in [0.29, 0.717) is 11.5 Å². The van der Waals surface area contributed by atoms with Gasteiger partial charge in [-0.25, -0.2) is 0 Å². The normalized spacial score (nSPS) is 41.1. The van der Waals surface area contributed by atoms with Gasteiger partial charge in [-0.2, -0.15) is 0 Å². The van der Waals surface area contributed by atoms with Crippen LogP contribution in [0.5, 0.6) is 0 Å². The van der Waals surface area contributed by atoms with Crippen molar-refractivity contribution in [1.29, 1.82) is 0 Å². The van der Waals surface area contributed by atoms with Crippen LogP contribution in [0.2, 0.25) is 0 Å². The second-order valence-electron chi connectivity index (χ2n) is 4.01. The smallest absolute Gasteiger partial charge is 0.158 e. The lowest BCUT2D eigenvalue weighted by Crippen LogP contribution is -2.62. The lowest BCUT2D eigenvalue weighted by atomic mass is 9.78. The molecule has 0 aromatic carbocycles. The summed E-state index contributed by atoms with van der Waals surface area (Å²) in [6.07, 6.45) is 0. The van der Waals surface area contributed by atoms with Gasteiger partial charge in [0.2, 0.25) is 0 Å². The molecule has 0 aromatic heterocycles. The quantitative estimate of drug-likeness (QED) is 0.528. The van der Waals surface area contributed by atoms with Crippen LogP contribution in [0.3, 0.4) is 0 Å². The van der Waals surface area contributed by atoms with Gasteiger partial charge in [-0.05, 0) is 11.2 Å². The Morgan fingerprint density at radius 3 is 1.90 bits per heavy atom. The summed E-state index contributed by atoms with van der Waals surface area (Å²) in [4.78, 5) is 0. The van der Waals surface area contributed by atoms with Gasteiger partial charge in [0, 0.05) is 5.41 Å². The van der Waals surface area contributed by atoms with E-state index in [2.05, 4.69) is 0 Å². The largest absolute Gasteiger partial charge is 0.616 e. The topological polar surface area (TPSA) is 43.3 Å². The van der Waals surface area contributed by atoms with Crippen LogP contribution in [0.25, 0.3) is 0 Å². The zero-order valence-corrected chi connectivity index (χ0v) is 7.49. The third-order valence-electron chi connectivity index (χ3n) is 2.20. The first-order valence-corrected chi connectivity index (χ1v) is 4.91. The van der Waals surface area contributed by atoms with Gasteiger partial charge < -0.3 is 9.66 Å². The van der Waals surface area contributed by atoms with Gasteiger partial charge in [0.1, 0.15) is 11.5 Å². The predicted molar refractivity (Wildman–Crippen MR) is 42.3 cm³/mol. The van der Waals surface area contributed by atoms with E-state index in [-0.39, 0.29) is 5.41 Å². The van der Waals surface area contributed by atoms with Crippen LogP contribution in [0.15, 0.2) is 0 Å². The van der Waals surface area contributed by atoms with Crippen LogP contribution in [0.1, 0.15) is 20.8 Å². The maximum absolute atomic E-state index is 10.7. The van der Waals surface area contributed by atoms with Gasteiger partial charge in [0.15, 0.2) is 5.60 Å². The molecule has 3 heteroatoms. The molecule has 0 bridgehead atoms. The molecule has 0 unspecified atom stereocenters. The Morgan fingerprint density at radius 2 is 1.80 bits per heavy atom. The Bertz CT molecular complexity index is 133. The van der Waals surface area contributed by atoms with E-state index in [1.165, 1.54) is 0 Å². The Labute approximate surface area is 64.8 Å². The lowest BCUT2D eigenvalue weighted by molar-refractivity contribution is -0.0304. The number of hydrogen-bond donors (Lipinski definition) is 1. The summed E-state index contributed by atoms with van der Waals surface area (Å²) < 4.78 is 10.7. The summed E-state index contributed by atoms with van der Waals surface area (Å²) >= 11 is -0.758. The maximum atomic E-state index is 10.7. The summed E-state index contributed by atoms with van der Waals surface area (Å²) in [6.45, 7) is 5.93. The fraction of sp³-hybridized carbons (Fsp3) is 1.00. The Morgan fingerprint density at radius 1 is 1.40 bits per heavy atom. The van der Waals surface area contributed by atoms with Crippen molar-refractivity contribution in [3.8, 4) is 0 Å². The van der Waals surface area contributed by atoms with Crippen LogP contribution >= 0.6 is 0 Å². The summed E-state index contributed by atoms with van der Waals surface area (Å²) in [7, 11) is 0. The van der Waals surface area contributed by atoms with Crippen LogP contribution in [-0.2, 0) is 11.2 Å². The van der Waals surface area contributed by atoms with E-state index in [9.17, 15) is 9.66 Å². The number of rotatable bonds is 0. The molecule has 1 heterocycles. The maximum Gasteiger partial charge on any atom is 0.158 e. The van der Waals surface area contributed by atoms with Crippen molar-refractivity contribution >= 4 is 11.2 Å². The minimum atomic E-state index is -0.758. The van der Waals surface area contributed by atoms with Crippen molar-refractivity contribution in [1.82, 2.24) is 0 Å². The second-order valence-corrected chi connectivity index (χ2v) is 5.47. The molecule has 0 saturated carbocycles. The molecule has 0 aliphatic carbocycles. The van der Waals surface area contributed by atoms with Crippen LogP contribution in [0, 0.1) is 5.41 Å². The molecule has 2 nitrogen and oxygen atoms in total. The van der Waals surface area contributed by atoms with E-state index in [0.717, 1.165) is 0 Å². The Balaban J connectivity index is 2.57. The summed E-state index contributed by atoms with van der Waals surface area (Å²) in [5.41, 5.74) is -0.793. The highest BCUT2D eigenvalue weighted by atomic mass is 32.2. The highest BCUT2D eigenvalue weighted by Crippen LogP contribution is 2.39. The first-order valence-electron chi connectivity index (χ1n) is 3.42. The minimum absolute atomic E-state index is 0.124. The first-order chi connectivity index (χ1) is 4.35. The fourth-order valence-electron chi connectivity index (χ4n) is 0.923. The lowest BCUT2D eigenvalue weighted by Gasteiger charge is -2.46. The van der Waals surface area contributed by atoms with Crippen molar-refractivity contribution in [3.63, 3.8) is 0 Å². The Hall–Kier alpha value is 0.270. The van der Waals surface area contributed by atoms with Crippen molar-refractivity contribution in [2.24, 2.45) is 5.41 Å². The molecule has 0 spiro atoms. The molecule has 1 aliphatic heterocycles. The standard InChI is InChI=1S/C7H14O2S/c1-6(2,3)7(8)4-10(9)5-7/h8H,4-5H2,1-3H3. The van der Waals surface area contributed by atoms with Crippen molar-refractivity contribution in [2.75, 3.05) is 11.5 Å². The summed E-state index contributed by atoms with van der Waals surface area (Å²) in [5, 5.41) is 9.72. The van der Waals surface area contributed by atoms with Crippen LogP contribution in [-0.4, -0.2) is 26.8 Å². The molecule has 1 fully saturated rings. The molecule has 1 aliphatic rings. The first kappa shape index (κ1) is 8.37. The van der Waals surface area contributed by atoms with E-state index < -0.39 is 16.8 Å². The van der Waals surface area contributed by atoms with E-state index in [1.54, 1.807) is 0 Å². The van der Waals surface area contributed by atoms with Crippen molar-refractivity contribution < 1.29 is 9.66 Å². The molecule has 10 heavy (non-hydrogen) atoms. The monoisotopic (exact) mass is 162 g/mol. The Kier molecular flexibility index (Phi) is 1.78. The highest BCUT2D eigenvalue weighted by Gasteiger charge is 2.54. The number of hydrogen-bond acceptors (Lipinski definition) is 2. The molecule has 0 aromatic rings. The molecular weight excluding hydrogens is 148 g/mol. The minimum Gasteiger partial charge on any atom is -0.616 e. The molecule has 1 rings (SSSR count). The average Bonchev–Trinajstić information content (AvgIpc) is 1.58. The average molecular weight is 162 g/mol. The van der Waals surface area contributed by atoms with Crippen molar-refractivity contribution in [2.45, 2.75) is 26.4 Å². The van der Waals surface area contributed by atoms with Crippen molar-refractivity contribution in [3.05, 3.63) is 0 Å². The van der Waals surface area contributed by atoms with E-state index in [4.69, 9.17) is 0 Å². The van der Waals surface area contributed by atoms with Gasteiger partial charge in [-0.3, -0.25) is 0 Å². The summed E-state index contributed by atoms with van der Waals surface area (Å²) in [6, 6.07) is 0. The van der Waals surface area contributed by atoms with Gasteiger partial charge >= 0.3 is 0 Å². The third kappa shape index (κ3) is 1.18. The summed E-state index contributed by atoms with van der Waals surface area (Å²) in [5.74, 6) is 0.910. The van der Waals surface area contributed by atoms with Gasteiger partial charge in [0.25, 0.3) is 0 Å². The van der Waals surface area contributed by atoms with E-state index >= 15 is 0 Å². The molecule has 0 atom stereocenters.